The van der Waals surface area contributed by atoms with Crippen LogP contribution in [0.15, 0.2) is 24.3 Å². The number of hydrogen-bond donors (Lipinski definition) is 2. The Morgan fingerprint density at radius 1 is 1.15 bits per heavy atom. The maximum Gasteiger partial charge on any atom is 0.240 e. The van der Waals surface area contributed by atoms with Gasteiger partial charge in [-0.05, 0) is 31.4 Å². The summed E-state index contributed by atoms with van der Waals surface area (Å²) >= 11 is 0. The van der Waals surface area contributed by atoms with Crippen molar-refractivity contribution in [2.45, 2.75) is 38.5 Å². The number of imide groups is 1. The number of rotatable bonds is 6. The Labute approximate surface area is 157 Å². The number of aryl methyl sites for hydroxylation is 1. The lowest BCUT2D eigenvalue weighted by atomic mass is 9.81. The molecule has 2 atom stereocenters. The summed E-state index contributed by atoms with van der Waals surface area (Å²) in [5.74, 6) is -0.122. The fourth-order valence-electron chi connectivity index (χ4n) is 4.19. The molecule has 27 heavy (non-hydrogen) atoms. The number of fused-ring (bicyclic) bond motifs is 2. The van der Waals surface area contributed by atoms with Crippen molar-refractivity contribution in [1.29, 1.82) is 0 Å². The minimum atomic E-state index is -0.278. The fourth-order valence-corrected chi connectivity index (χ4v) is 4.19. The molecule has 142 valence electrons. The molecule has 1 aliphatic carbocycles. The van der Waals surface area contributed by atoms with Crippen LogP contribution in [0.25, 0.3) is 11.0 Å². The zero-order chi connectivity index (χ0) is 18.8. The van der Waals surface area contributed by atoms with Gasteiger partial charge in [0.25, 0.3) is 0 Å². The molecule has 2 aromatic rings. The average molecular weight is 368 g/mol. The average Bonchev–Trinajstić information content (AvgIpc) is 3.20. The minimum absolute atomic E-state index is 0.157. The number of para-hydroxylation sites is 2. The number of benzene rings is 1. The summed E-state index contributed by atoms with van der Waals surface area (Å²) in [6.45, 7) is 0.328. The molecule has 2 fully saturated rings. The molecule has 0 radical (unpaired) electrons. The van der Waals surface area contributed by atoms with Gasteiger partial charge in [0.15, 0.2) is 0 Å². The van der Waals surface area contributed by atoms with Crippen LogP contribution in [0.2, 0.25) is 0 Å². The quantitative estimate of drug-likeness (QED) is 0.600. The second-order valence-electron chi connectivity index (χ2n) is 7.41. The van der Waals surface area contributed by atoms with Crippen molar-refractivity contribution in [2.75, 3.05) is 13.1 Å². The zero-order valence-corrected chi connectivity index (χ0v) is 15.2. The lowest BCUT2D eigenvalue weighted by molar-refractivity contribution is -0.143. The number of aromatic amines is 1. The van der Waals surface area contributed by atoms with Crippen LogP contribution >= 0.6 is 0 Å². The molecule has 1 saturated heterocycles. The number of carbonyl (C=O) groups is 3. The Morgan fingerprint density at radius 3 is 2.56 bits per heavy atom. The Bertz CT molecular complexity index is 818. The van der Waals surface area contributed by atoms with E-state index in [1.165, 1.54) is 0 Å². The third kappa shape index (κ3) is 3.59. The number of aromatic nitrogens is 2. The highest BCUT2D eigenvalue weighted by Gasteiger charge is 2.48. The van der Waals surface area contributed by atoms with Gasteiger partial charge in [-0.2, -0.15) is 0 Å². The SMILES string of the molecule is O=C(CN1C(=O)C2CCCCC2C1=O)NCCCc1nc2ccccc2[nH]1. The molecule has 0 spiro atoms. The predicted octanol–water partition coefficient (Wildman–Crippen LogP) is 1.79. The third-order valence-electron chi connectivity index (χ3n) is 5.59. The Kier molecular flexibility index (Phi) is 4.92. The van der Waals surface area contributed by atoms with Gasteiger partial charge in [0.1, 0.15) is 12.4 Å². The van der Waals surface area contributed by atoms with Gasteiger partial charge in [-0.25, -0.2) is 4.98 Å². The van der Waals surface area contributed by atoms with E-state index in [1.807, 2.05) is 24.3 Å². The number of nitrogens with zero attached hydrogens (tertiary/aromatic N) is 2. The highest BCUT2D eigenvalue weighted by molar-refractivity contribution is 6.07. The second kappa shape index (κ2) is 7.50. The van der Waals surface area contributed by atoms with E-state index in [0.29, 0.717) is 6.54 Å². The van der Waals surface area contributed by atoms with E-state index >= 15 is 0 Å². The summed E-state index contributed by atoms with van der Waals surface area (Å²) < 4.78 is 0. The Hall–Kier alpha value is -2.70. The van der Waals surface area contributed by atoms with E-state index in [9.17, 15) is 14.4 Å². The number of H-pyrrole nitrogens is 1. The zero-order valence-electron chi connectivity index (χ0n) is 15.2. The molecule has 3 amide bonds. The maximum atomic E-state index is 12.4. The minimum Gasteiger partial charge on any atom is -0.355 e. The summed E-state index contributed by atoms with van der Waals surface area (Å²) in [6.07, 6.45) is 4.97. The number of likely N-dealkylation sites (tertiary alicyclic amines) is 1. The van der Waals surface area contributed by atoms with Crippen LogP contribution in [0.3, 0.4) is 0 Å². The highest BCUT2D eigenvalue weighted by Crippen LogP contribution is 2.37. The van der Waals surface area contributed by atoms with Crippen molar-refractivity contribution in [3.8, 4) is 0 Å². The first kappa shape index (κ1) is 17.7. The molecule has 2 N–H and O–H groups in total. The van der Waals surface area contributed by atoms with Gasteiger partial charge in [-0.3, -0.25) is 19.3 Å². The maximum absolute atomic E-state index is 12.4. The lowest BCUT2D eigenvalue weighted by Gasteiger charge is -2.19. The van der Waals surface area contributed by atoms with Crippen molar-refractivity contribution in [3.63, 3.8) is 0 Å². The normalized spacial score (nSPS) is 22.3. The van der Waals surface area contributed by atoms with Crippen molar-refractivity contribution < 1.29 is 14.4 Å². The van der Waals surface area contributed by atoms with Crippen LogP contribution in [0.5, 0.6) is 0 Å². The molecule has 2 heterocycles. The first-order valence-electron chi connectivity index (χ1n) is 9.69. The topological polar surface area (TPSA) is 95.2 Å². The van der Waals surface area contributed by atoms with Gasteiger partial charge in [0.2, 0.25) is 17.7 Å². The molecule has 4 rings (SSSR count). The Morgan fingerprint density at radius 2 is 1.85 bits per heavy atom. The van der Waals surface area contributed by atoms with Crippen LogP contribution in [0, 0.1) is 11.8 Å². The number of carbonyl (C=O) groups excluding carboxylic acids is 3. The predicted molar refractivity (Wildman–Crippen MR) is 99.6 cm³/mol. The lowest BCUT2D eigenvalue weighted by Crippen LogP contribution is -2.41. The number of nitrogens with one attached hydrogen (secondary N) is 2. The van der Waals surface area contributed by atoms with Crippen LogP contribution in [-0.2, 0) is 20.8 Å². The van der Waals surface area contributed by atoms with E-state index < -0.39 is 0 Å². The van der Waals surface area contributed by atoms with Crippen molar-refractivity contribution in [3.05, 3.63) is 30.1 Å². The molecule has 1 aromatic heterocycles. The van der Waals surface area contributed by atoms with Gasteiger partial charge in [0.05, 0.1) is 22.9 Å². The largest absolute Gasteiger partial charge is 0.355 e. The summed E-state index contributed by atoms with van der Waals surface area (Å²) in [5, 5.41) is 2.81. The Balaban J connectivity index is 1.24. The summed E-state index contributed by atoms with van der Waals surface area (Å²) in [6, 6.07) is 7.85. The van der Waals surface area contributed by atoms with Crippen LogP contribution < -0.4 is 5.32 Å². The van der Waals surface area contributed by atoms with Crippen molar-refractivity contribution in [1.82, 2.24) is 20.2 Å². The van der Waals surface area contributed by atoms with Gasteiger partial charge in [-0.1, -0.05) is 25.0 Å². The molecule has 0 bridgehead atoms. The number of amides is 3. The molecule has 2 aliphatic rings. The molecular weight excluding hydrogens is 344 g/mol. The smallest absolute Gasteiger partial charge is 0.240 e. The first-order chi connectivity index (χ1) is 13.1. The van der Waals surface area contributed by atoms with E-state index in [4.69, 9.17) is 0 Å². The summed E-state index contributed by atoms with van der Waals surface area (Å²) in [7, 11) is 0. The second-order valence-corrected chi connectivity index (χ2v) is 7.41. The van der Waals surface area contributed by atoms with Crippen LogP contribution in [-0.4, -0.2) is 45.7 Å². The first-order valence-corrected chi connectivity index (χ1v) is 9.69. The van der Waals surface area contributed by atoms with E-state index in [2.05, 4.69) is 15.3 Å². The molecule has 2 unspecified atom stereocenters. The molecular formula is C20H24N4O3. The number of imidazole rings is 1. The monoisotopic (exact) mass is 368 g/mol. The van der Waals surface area contributed by atoms with Crippen molar-refractivity contribution >= 4 is 28.8 Å². The van der Waals surface area contributed by atoms with Gasteiger partial charge >= 0.3 is 0 Å². The van der Waals surface area contributed by atoms with E-state index in [0.717, 1.165) is 60.3 Å². The van der Waals surface area contributed by atoms with Crippen LogP contribution in [0.4, 0.5) is 0 Å². The summed E-state index contributed by atoms with van der Waals surface area (Å²) in [4.78, 5) is 45.9. The third-order valence-corrected chi connectivity index (χ3v) is 5.59. The molecule has 7 heteroatoms. The fraction of sp³-hybridized carbons (Fsp3) is 0.500. The van der Waals surface area contributed by atoms with Gasteiger partial charge in [0, 0.05) is 13.0 Å². The van der Waals surface area contributed by atoms with Gasteiger partial charge in [-0.15, -0.1) is 0 Å². The molecule has 1 aliphatic heterocycles. The molecule has 7 nitrogen and oxygen atoms in total. The molecule has 1 aromatic carbocycles. The van der Waals surface area contributed by atoms with E-state index in [1.54, 1.807) is 0 Å². The standard InChI is InChI=1S/C20H24N4O3/c25-18(12-24-19(26)13-6-1-2-7-14(13)20(24)27)21-11-5-10-17-22-15-8-3-4-9-16(15)23-17/h3-4,8-9,13-14H,1-2,5-7,10-12H2,(H,21,25)(H,22,23). The van der Waals surface area contributed by atoms with Gasteiger partial charge < -0.3 is 10.3 Å². The highest BCUT2D eigenvalue weighted by atomic mass is 16.2. The summed E-state index contributed by atoms with van der Waals surface area (Å²) in [5.41, 5.74) is 1.94. The van der Waals surface area contributed by atoms with E-state index in [-0.39, 0.29) is 36.1 Å². The van der Waals surface area contributed by atoms with Crippen molar-refractivity contribution in [2.24, 2.45) is 11.8 Å². The van der Waals surface area contributed by atoms with Crippen LogP contribution in [0.1, 0.15) is 37.9 Å². The molecule has 1 saturated carbocycles. The number of hydrogen-bond acceptors (Lipinski definition) is 4.